The van der Waals surface area contributed by atoms with Crippen LogP contribution in [0.5, 0.6) is 11.5 Å². The molecule has 2 aromatic carbocycles. The van der Waals surface area contributed by atoms with Gasteiger partial charge in [0.25, 0.3) is 11.8 Å². The van der Waals surface area contributed by atoms with Crippen LogP contribution in [0.2, 0.25) is 5.02 Å². The first-order valence-corrected chi connectivity index (χ1v) is 9.94. The largest absolute Gasteiger partial charge is 0.497 e. The molecule has 0 fully saturated rings. The van der Waals surface area contributed by atoms with Crippen molar-refractivity contribution in [1.82, 2.24) is 20.0 Å². The summed E-state index contributed by atoms with van der Waals surface area (Å²) in [5, 5.41) is 5.65. The van der Waals surface area contributed by atoms with E-state index in [-0.39, 0.29) is 5.91 Å². The Morgan fingerprint density at radius 2 is 1.87 bits per heavy atom. The summed E-state index contributed by atoms with van der Waals surface area (Å²) in [7, 11) is 4.81. The number of H-pyrrole nitrogens is 1. The number of methoxy groups -OCH3 is 2. The molecule has 9 heteroatoms. The molecule has 0 bridgehead atoms. The summed E-state index contributed by atoms with van der Waals surface area (Å²) in [6.45, 7) is 0.416. The Morgan fingerprint density at radius 1 is 1.13 bits per heavy atom. The molecule has 2 aromatic heterocycles. The minimum atomic E-state index is -0.159. The number of carbonyl (C=O) groups is 1. The van der Waals surface area contributed by atoms with Crippen LogP contribution in [0.25, 0.3) is 22.5 Å². The Kier molecular flexibility index (Phi) is 5.81. The van der Waals surface area contributed by atoms with Gasteiger partial charge in [-0.15, -0.1) is 0 Å². The molecule has 0 unspecified atom stereocenters. The molecule has 1 N–H and O–H groups in total. The third-order valence-corrected chi connectivity index (χ3v) is 5.13. The van der Waals surface area contributed by atoms with E-state index in [4.69, 9.17) is 25.6 Å². The smallest absolute Gasteiger partial charge is 0.274 e. The van der Waals surface area contributed by atoms with E-state index in [1.165, 1.54) is 0 Å². The van der Waals surface area contributed by atoms with E-state index in [2.05, 4.69) is 15.1 Å². The predicted molar refractivity (Wildman–Crippen MR) is 117 cm³/mol. The molecule has 0 atom stereocenters. The lowest BCUT2D eigenvalue weighted by Gasteiger charge is -2.17. The lowest BCUT2D eigenvalue weighted by molar-refractivity contribution is 0.0795. The molecule has 0 saturated carbocycles. The van der Waals surface area contributed by atoms with E-state index in [0.717, 1.165) is 10.9 Å². The number of likely N-dealkylation sites (N-methyl/N-ethyl adjacent to an activating group) is 1. The molecule has 31 heavy (non-hydrogen) atoms. The zero-order valence-electron chi connectivity index (χ0n) is 17.3. The summed E-state index contributed by atoms with van der Waals surface area (Å²) < 4.78 is 15.9. The molecule has 4 rings (SSSR count). The average Bonchev–Trinajstić information content (AvgIpc) is 3.42. The number of hydrogen-bond donors (Lipinski definition) is 1. The SMILES string of the molecule is COc1cc(OC)cc(C(=O)N(C)CCc2noc(-c3cc4cc(Cl)ccc4[nH]3)n2)c1. The van der Waals surface area contributed by atoms with E-state index in [1.54, 1.807) is 44.4 Å². The molecule has 8 nitrogen and oxygen atoms in total. The molecule has 0 saturated heterocycles. The Bertz CT molecular complexity index is 1210. The highest BCUT2D eigenvalue weighted by atomic mass is 35.5. The summed E-state index contributed by atoms with van der Waals surface area (Å²) in [4.78, 5) is 22.1. The first kappa shape index (κ1) is 20.7. The van der Waals surface area contributed by atoms with Crippen molar-refractivity contribution in [1.29, 1.82) is 0 Å². The molecule has 0 aliphatic carbocycles. The second kappa shape index (κ2) is 8.69. The van der Waals surface area contributed by atoms with Crippen molar-refractivity contribution >= 4 is 28.4 Å². The first-order chi connectivity index (χ1) is 15.0. The van der Waals surface area contributed by atoms with Crippen molar-refractivity contribution in [2.75, 3.05) is 27.8 Å². The summed E-state index contributed by atoms with van der Waals surface area (Å²) in [5.41, 5.74) is 2.12. The van der Waals surface area contributed by atoms with E-state index in [0.29, 0.717) is 52.5 Å². The fourth-order valence-electron chi connectivity index (χ4n) is 3.20. The zero-order valence-corrected chi connectivity index (χ0v) is 18.1. The predicted octanol–water partition coefficient (Wildman–Crippen LogP) is 4.20. The molecule has 0 radical (unpaired) electrons. The van der Waals surface area contributed by atoms with Crippen molar-refractivity contribution in [2.45, 2.75) is 6.42 Å². The summed E-state index contributed by atoms with van der Waals surface area (Å²) in [5.74, 6) is 1.84. The van der Waals surface area contributed by atoms with Crippen molar-refractivity contribution in [2.24, 2.45) is 0 Å². The minimum Gasteiger partial charge on any atom is -0.497 e. The van der Waals surface area contributed by atoms with Gasteiger partial charge in [-0.05, 0) is 36.4 Å². The van der Waals surface area contributed by atoms with Crippen LogP contribution in [0.4, 0.5) is 0 Å². The van der Waals surface area contributed by atoms with Gasteiger partial charge >= 0.3 is 0 Å². The Hall–Kier alpha value is -3.52. The summed E-state index contributed by atoms with van der Waals surface area (Å²) in [6, 6.07) is 12.6. The third kappa shape index (κ3) is 4.49. The Balaban J connectivity index is 1.43. The number of fused-ring (bicyclic) bond motifs is 1. The minimum absolute atomic E-state index is 0.159. The zero-order chi connectivity index (χ0) is 22.0. The maximum atomic E-state index is 12.8. The second-order valence-electron chi connectivity index (χ2n) is 7.01. The van der Waals surface area contributed by atoms with Gasteiger partial charge in [0.1, 0.15) is 17.2 Å². The molecule has 2 heterocycles. The van der Waals surface area contributed by atoms with E-state index in [9.17, 15) is 4.79 Å². The number of nitrogens with one attached hydrogen (secondary N) is 1. The normalized spacial score (nSPS) is 11.0. The molecule has 1 amide bonds. The number of aromatic amines is 1. The first-order valence-electron chi connectivity index (χ1n) is 9.56. The topological polar surface area (TPSA) is 93.5 Å². The van der Waals surface area contributed by atoms with Crippen molar-refractivity contribution in [3.05, 3.63) is 58.9 Å². The van der Waals surface area contributed by atoms with Crippen molar-refractivity contribution < 1.29 is 18.8 Å². The highest BCUT2D eigenvalue weighted by molar-refractivity contribution is 6.31. The number of nitrogens with zero attached hydrogens (tertiary/aromatic N) is 3. The van der Waals surface area contributed by atoms with Crippen LogP contribution in [0.3, 0.4) is 0 Å². The molecular weight excluding hydrogens is 420 g/mol. The fourth-order valence-corrected chi connectivity index (χ4v) is 3.38. The molecule has 0 spiro atoms. The van der Waals surface area contributed by atoms with E-state index >= 15 is 0 Å². The quantitative estimate of drug-likeness (QED) is 0.463. The van der Waals surface area contributed by atoms with Gasteiger partial charge in [-0.2, -0.15) is 4.98 Å². The van der Waals surface area contributed by atoms with E-state index in [1.807, 2.05) is 24.3 Å². The second-order valence-corrected chi connectivity index (χ2v) is 7.44. The molecule has 160 valence electrons. The number of amides is 1. The van der Waals surface area contributed by atoms with E-state index < -0.39 is 0 Å². The molecular formula is C22H21ClN4O4. The highest BCUT2D eigenvalue weighted by Gasteiger charge is 2.17. The summed E-state index contributed by atoms with van der Waals surface area (Å²) >= 11 is 6.04. The van der Waals surface area contributed by atoms with Crippen molar-refractivity contribution in [3.8, 4) is 23.1 Å². The third-order valence-electron chi connectivity index (χ3n) is 4.90. The monoisotopic (exact) mass is 440 g/mol. The van der Waals surface area contributed by atoms with Crippen LogP contribution < -0.4 is 9.47 Å². The number of carbonyl (C=O) groups excluding carboxylic acids is 1. The molecule has 0 aliphatic heterocycles. The van der Waals surface area contributed by atoms with Crippen LogP contribution in [-0.4, -0.2) is 53.7 Å². The molecule has 0 aliphatic rings. The number of ether oxygens (including phenoxy) is 2. The number of halogens is 1. The van der Waals surface area contributed by atoms with Gasteiger partial charge < -0.3 is 23.9 Å². The van der Waals surface area contributed by atoms with Crippen LogP contribution in [0, 0.1) is 0 Å². The highest BCUT2D eigenvalue weighted by Crippen LogP contribution is 2.26. The van der Waals surface area contributed by atoms with Gasteiger partial charge in [-0.25, -0.2) is 0 Å². The number of benzene rings is 2. The number of hydrogen-bond acceptors (Lipinski definition) is 6. The standard InChI is InChI=1S/C22H21ClN4O4/c1-27(22(28)14-9-16(29-2)12-17(10-14)30-3)7-6-20-25-21(31-26-20)19-11-13-8-15(23)4-5-18(13)24-19/h4-5,8-12,24H,6-7H2,1-3H3. The Morgan fingerprint density at radius 3 is 2.58 bits per heavy atom. The molecule has 4 aromatic rings. The van der Waals surface area contributed by atoms with Gasteiger partial charge in [0.05, 0.1) is 14.2 Å². The maximum absolute atomic E-state index is 12.8. The number of rotatable bonds is 7. The Labute approximate surface area is 183 Å². The maximum Gasteiger partial charge on any atom is 0.274 e. The van der Waals surface area contributed by atoms with Gasteiger partial charge in [0, 0.05) is 47.6 Å². The average molecular weight is 441 g/mol. The van der Waals surface area contributed by atoms with Crippen LogP contribution in [0.1, 0.15) is 16.2 Å². The van der Waals surface area contributed by atoms with Gasteiger partial charge in [0.15, 0.2) is 5.82 Å². The van der Waals surface area contributed by atoms with Gasteiger partial charge in [-0.3, -0.25) is 4.79 Å². The van der Waals surface area contributed by atoms with Crippen LogP contribution in [-0.2, 0) is 6.42 Å². The van der Waals surface area contributed by atoms with Gasteiger partial charge in [-0.1, -0.05) is 16.8 Å². The van der Waals surface area contributed by atoms with Crippen LogP contribution >= 0.6 is 11.6 Å². The van der Waals surface area contributed by atoms with Gasteiger partial charge in [0.2, 0.25) is 0 Å². The number of aromatic nitrogens is 3. The fraction of sp³-hybridized carbons (Fsp3) is 0.227. The lowest BCUT2D eigenvalue weighted by Crippen LogP contribution is -2.29. The summed E-state index contributed by atoms with van der Waals surface area (Å²) in [6.07, 6.45) is 0.443. The van der Waals surface area contributed by atoms with Crippen LogP contribution in [0.15, 0.2) is 47.0 Å². The lowest BCUT2D eigenvalue weighted by atomic mass is 10.1. The van der Waals surface area contributed by atoms with Crippen molar-refractivity contribution in [3.63, 3.8) is 0 Å².